The number of hydrogen-bond donors (Lipinski definition) is 1. The molecule has 1 atom stereocenters. The second-order valence-corrected chi connectivity index (χ2v) is 11.1. The fourth-order valence-electron chi connectivity index (χ4n) is 3.75. The predicted molar refractivity (Wildman–Crippen MR) is 115 cm³/mol. The molecule has 0 radical (unpaired) electrons. The average Bonchev–Trinajstić information content (AvgIpc) is 2.85. The van der Waals surface area contributed by atoms with Crippen LogP contribution < -0.4 is 5.32 Å². The third kappa shape index (κ3) is 4.69. The summed E-state index contributed by atoms with van der Waals surface area (Å²) in [6, 6.07) is 11.2. The van der Waals surface area contributed by atoms with Gasteiger partial charge in [-0.2, -0.15) is 4.31 Å². The lowest BCUT2D eigenvalue weighted by Gasteiger charge is -2.35. The van der Waals surface area contributed by atoms with E-state index in [1.165, 1.54) is 16.4 Å². The van der Waals surface area contributed by atoms with Gasteiger partial charge in [-0.25, -0.2) is 12.8 Å². The Bertz CT molecular complexity index is 1040. The highest BCUT2D eigenvalue weighted by Gasteiger charge is 2.30. The van der Waals surface area contributed by atoms with Crippen molar-refractivity contribution in [1.82, 2.24) is 9.21 Å². The number of sulfonamides is 1. The number of thioether (sulfide) groups is 1. The summed E-state index contributed by atoms with van der Waals surface area (Å²) < 4.78 is 41.2. The van der Waals surface area contributed by atoms with Crippen LogP contribution in [0.1, 0.15) is 25.3 Å². The summed E-state index contributed by atoms with van der Waals surface area (Å²) in [7, 11) is -3.70. The summed E-state index contributed by atoms with van der Waals surface area (Å²) in [6.45, 7) is 4.03. The monoisotopic (exact) mass is 449 g/mol. The SMILES string of the molecule is C[C@@H]1CC(=O)Nc2cc(S(=O)(=O)N3CCCN(Cc4ccc(F)cc4)C3)ccc2S1. The maximum atomic E-state index is 13.3. The van der Waals surface area contributed by atoms with Gasteiger partial charge in [0.15, 0.2) is 0 Å². The van der Waals surface area contributed by atoms with Crippen LogP contribution in [0.2, 0.25) is 0 Å². The normalized spacial score (nSPS) is 21.0. The van der Waals surface area contributed by atoms with E-state index in [0.717, 1.165) is 23.4 Å². The van der Waals surface area contributed by atoms with Crippen LogP contribution in [0.15, 0.2) is 52.3 Å². The first-order chi connectivity index (χ1) is 14.3. The van der Waals surface area contributed by atoms with Crippen molar-refractivity contribution >= 4 is 33.4 Å². The van der Waals surface area contributed by atoms with Gasteiger partial charge in [0.05, 0.1) is 17.3 Å². The Morgan fingerprint density at radius 2 is 1.93 bits per heavy atom. The Morgan fingerprint density at radius 1 is 1.17 bits per heavy atom. The van der Waals surface area contributed by atoms with Crippen molar-refractivity contribution in [2.75, 3.05) is 25.1 Å². The van der Waals surface area contributed by atoms with Crippen molar-refractivity contribution in [3.8, 4) is 0 Å². The second-order valence-electron chi connectivity index (χ2n) is 7.69. The van der Waals surface area contributed by atoms with Gasteiger partial charge in [0, 0.05) is 36.2 Å². The highest BCUT2D eigenvalue weighted by molar-refractivity contribution is 8.00. The van der Waals surface area contributed by atoms with Crippen molar-refractivity contribution in [2.45, 2.75) is 41.4 Å². The molecular formula is C21H24FN3O3S2. The number of halogens is 1. The molecule has 1 saturated heterocycles. The van der Waals surface area contributed by atoms with Gasteiger partial charge in [0.2, 0.25) is 15.9 Å². The van der Waals surface area contributed by atoms with Crippen LogP contribution >= 0.6 is 11.8 Å². The summed E-state index contributed by atoms with van der Waals surface area (Å²) in [5, 5.41) is 2.97. The molecule has 0 aromatic heterocycles. The lowest BCUT2D eigenvalue weighted by molar-refractivity contribution is -0.116. The molecule has 0 aliphatic carbocycles. The van der Waals surface area contributed by atoms with E-state index in [9.17, 15) is 17.6 Å². The first kappa shape index (κ1) is 21.3. The number of carbonyl (C=O) groups excluding carboxylic acids is 1. The van der Waals surface area contributed by atoms with E-state index in [2.05, 4.69) is 5.32 Å². The van der Waals surface area contributed by atoms with Crippen LogP contribution in [-0.4, -0.2) is 48.5 Å². The average molecular weight is 450 g/mol. The number of hydrogen-bond acceptors (Lipinski definition) is 5. The third-order valence-corrected chi connectivity index (χ3v) is 8.23. The number of nitrogens with zero attached hydrogens (tertiary/aromatic N) is 2. The number of rotatable bonds is 4. The molecular weight excluding hydrogens is 425 g/mol. The molecule has 4 rings (SSSR count). The summed E-state index contributed by atoms with van der Waals surface area (Å²) in [6.07, 6.45) is 1.11. The summed E-state index contributed by atoms with van der Waals surface area (Å²) in [5.74, 6) is -0.392. The number of anilines is 1. The number of benzene rings is 2. The Kier molecular flexibility index (Phi) is 6.15. The van der Waals surface area contributed by atoms with Crippen LogP contribution in [0.25, 0.3) is 0 Å². The van der Waals surface area contributed by atoms with E-state index in [-0.39, 0.29) is 28.5 Å². The van der Waals surface area contributed by atoms with E-state index in [0.29, 0.717) is 25.2 Å². The van der Waals surface area contributed by atoms with Crippen molar-refractivity contribution in [2.24, 2.45) is 0 Å². The molecule has 2 aromatic rings. The van der Waals surface area contributed by atoms with Crippen LogP contribution in [0.3, 0.4) is 0 Å². The molecule has 1 amide bonds. The summed E-state index contributed by atoms with van der Waals surface area (Å²) in [5.41, 5.74) is 1.49. The molecule has 1 N–H and O–H groups in total. The van der Waals surface area contributed by atoms with Crippen LogP contribution in [0.5, 0.6) is 0 Å². The molecule has 9 heteroatoms. The van der Waals surface area contributed by atoms with Gasteiger partial charge in [0.25, 0.3) is 0 Å². The quantitative estimate of drug-likeness (QED) is 0.774. The maximum Gasteiger partial charge on any atom is 0.244 e. The number of fused-ring (bicyclic) bond motifs is 1. The molecule has 2 aromatic carbocycles. The first-order valence-corrected chi connectivity index (χ1v) is 12.2. The standard InChI is InChI=1S/C21H24FN3O3S2/c1-15-11-21(26)23-19-12-18(7-8-20(19)29-15)30(27,28)25-10-2-9-24(14-25)13-16-3-5-17(22)6-4-16/h3-8,12,15H,2,9-11,13-14H2,1H3,(H,23,26)/t15-/m1/s1. The van der Waals surface area contributed by atoms with E-state index in [1.54, 1.807) is 42.1 Å². The van der Waals surface area contributed by atoms with Crippen molar-refractivity contribution in [3.05, 3.63) is 53.8 Å². The molecule has 30 heavy (non-hydrogen) atoms. The minimum atomic E-state index is -3.70. The number of nitrogens with one attached hydrogen (secondary N) is 1. The Morgan fingerprint density at radius 3 is 2.70 bits per heavy atom. The highest BCUT2D eigenvalue weighted by Crippen LogP contribution is 2.36. The maximum absolute atomic E-state index is 13.3. The lowest BCUT2D eigenvalue weighted by Crippen LogP contribution is -2.47. The van der Waals surface area contributed by atoms with Gasteiger partial charge < -0.3 is 5.32 Å². The molecule has 2 aliphatic rings. The fourth-order valence-corrected chi connectivity index (χ4v) is 6.29. The van der Waals surface area contributed by atoms with Crippen molar-refractivity contribution < 1.29 is 17.6 Å². The summed E-state index contributed by atoms with van der Waals surface area (Å²) in [4.78, 5) is 15.1. The molecule has 6 nitrogen and oxygen atoms in total. The van der Waals surface area contributed by atoms with E-state index < -0.39 is 10.0 Å². The lowest BCUT2D eigenvalue weighted by atomic mass is 10.2. The zero-order valence-corrected chi connectivity index (χ0v) is 18.3. The smallest absolute Gasteiger partial charge is 0.244 e. The fraction of sp³-hybridized carbons (Fsp3) is 0.381. The number of amides is 1. The topological polar surface area (TPSA) is 69.7 Å². The molecule has 2 aliphatic heterocycles. The first-order valence-electron chi connectivity index (χ1n) is 9.89. The minimum absolute atomic E-state index is 0.105. The Balaban J connectivity index is 1.53. The van der Waals surface area contributed by atoms with Crippen LogP contribution in [-0.2, 0) is 21.4 Å². The molecule has 2 heterocycles. The highest BCUT2D eigenvalue weighted by atomic mass is 32.2. The minimum Gasteiger partial charge on any atom is -0.325 e. The molecule has 0 unspecified atom stereocenters. The van der Waals surface area contributed by atoms with Gasteiger partial charge >= 0.3 is 0 Å². The Hall–Kier alpha value is -1.94. The second kappa shape index (κ2) is 8.66. The molecule has 0 bridgehead atoms. The molecule has 160 valence electrons. The van der Waals surface area contributed by atoms with E-state index in [4.69, 9.17) is 0 Å². The largest absolute Gasteiger partial charge is 0.325 e. The van der Waals surface area contributed by atoms with E-state index >= 15 is 0 Å². The zero-order valence-electron chi connectivity index (χ0n) is 16.7. The van der Waals surface area contributed by atoms with Crippen molar-refractivity contribution in [1.29, 1.82) is 0 Å². The summed E-state index contributed by atoms with van der Waals surface area (Å²) >= 11 is 1.57. The van der Waals surface area contributed by atoms with Crippen LogP contribution in [0.4, 0.5) is 10.1 Å². The zero-order chi connectivity index (χ0) is 21.3. The van der Waals surface area contributed by atoms with Gasteiger partial charge in [-0.1, -0.05) is 19.1 Å². The molecule has 0 spiro atoms. The molecule has 0 saturated carbocycles. The number of carbonyl (C=O) groups is 1. The third-order valence-electron chi connectivity index (χ3n) is 5.22. The van der Waals surface area contributed by atoms with Crippen molar-refractivity contribution in [3.63, 3.8) is 0 Å². The van der Waals surface area contributed by atoms with E-state index in [1.807, 2.05) is 11.8 Å². The van der Waals surface area contributed by atoms with Gasteiger partial charge in [-0.05, 0) is 42.3 Å². The van der Waals surface area contributed by atoms with Crippen LogP contribution in [0, 0.1) is 5.82 Å². The predicted octanol–water partition coefficient (Wildman–Crippen LogP) is 3.50. The van der Waals surface area contributed by atoms with Gasteiger partial charge in [-0.3, -0.25) is 9.69 Å². The van der Waals surface area contributed by atoms with Gasteiger partial charge in [-0.15, -0.1) is 11.8 Å². The Labute approximate surface area is 180 Å². The van der Waals surface area contributed by atoms with Gasteiger partial charge in [0.1, 0.15) is 5.82 Å². The molecule has 1 fully saturated rings.